The van der Waals surface area contributed by atoms with Crippen molar-refractivity contribution in [3.05, 3.63) is 29.8 Å². The summed E-state index contributed by atoms with van der Waals surface area (Å²) >= 11 is 0. The zero-order chi connectivity index (χ0) is 18.7. The molecule has 0 unspecified atom stereocenters. The van der Waals surface area contributed by atoms with Crippen LogP contribution in [0.25, 0.3) is 0 Å². The number of anilines is 1. The van der Waals surface area contributed by atoms with Crippen LogP contribution in [-0.4, -0.2) is 77.3 Å². The summed E-state index contributed by atoms with van der Waals surface area (Å²) in [5.74, 6) is -0.621. The van der Waals surface area contributed by atoms with Crippen LogP contribution in [0.15, 0.2) is 24.3 Å². The minimum atomic E-state index is -0.447. The Morgan fingerprint density at radius 2 is 1.85 bits per heavy atom. The van der Waals surface area contributed by atoms with E-state index in [0.717, 1.165) is 5.69 Å². The molecular weight excluding hydrogens is 340 g/mol. The zero-order valence-electron chi connectivity index (χ0n) is 15.1. The number of ether oxygens (including phenoxy) is 4. The standard InChI is InChI=1S/C18H24N2O6/c1-20(2)12-6-4-11(5-7-12)18(22)19-13-8-25-17-14(9-26-16(13)17)24-10-15(21)23-3/h4-7,13-14,16-17H,8-10H2,1-3H3,(H,19,22)/t13-,14+,16+,17+/m0/s1. The zero-order valence-corrected chi connectivity index (χ0v) is 15.1. The molecule has 2 heterocycles. The molecule has 2 aliphatic heterocycles. The number of fused-ring (bicyclic) bond motifs is 1. The van der Waals surface area contributed by atoms with E-state index in [9.17, 15) is 9.59 Å². The van der Waals surface area contributed by atoms with E-state index in [1.807, 2.05) is 31.1 Å². The van der Waals surface area contributed by atoms with Crippen molar-refractivity contribution in [2.45, 2.75) is 24.4 Å². The summed E-state index contributed by atoms with van der Waals surface area (Å²) in [4.78, 5) is 25.7. The van der Waals surface area contributed by atoms with Gasteiger partial charge in [-0.1, -0.05) is 0 Å². The van der Waals surface area contributed by atoms with Gasteiger partial charge in [0.05, 0.1) is 26.4 Å². The monoisotopic (exact) mass is 364 g/mol. The van der Waals surface area contributed by atoms with Gasteiger partial charge in [-0.15, -0.1) is 0 Å². The summed E-state index contributed by atoms with van der Waals surface area (Å²) in [6.07, 6.45) is -0.941. The Morgan fingerprint density at radius 3 is 2.50 bits per heavy atom. The molecule has 1 N–H and O–H groups in total. The first kappa shape index (κ1) is 18.6. The smallest absolute Gasteiger partial charge is 0.331 e. The highest BCUT2D eigenvalue weighted by Crippen LogP contribution is 2.29. The number of carbonyl (C=O) groups excluding carboxylic acids is 2. The van der Waals surface area contributed by atoms with Gasteiger partial charge < -0.3 is 29.2 Å². The molecule has 2 aliphatic rings. The van der Waals surface area contributed by atoms with Gasteiger partial charge in [0.25, 0.3) is 5.91 Å². The second-order valence-electron chi connectivity index (χ2n) is 6.54. The SMILES string of the molecule is COC(=O)CO[C@@H]1CO[C@H]2[C@@H]1OC[C@@H]2NC(=O)c1ccc(N(C)C)cc1. The first-order valence-electron chi connectivity index (χ1n) is 8.49. The largest absolute Gasteiger partial charge is 0.467 e. The fourth-order valence-electron chi connectivity index (χ4n) is 3.13. The molecule has 4 atom stereocenters. The minimum Gasteiger partial charge on any atom is -0.467 e. The van der Waals surface area contributed by atoms with Crippen LogP contribution in [0.2, 0.25) is 0 Å². The molecule has 1 aromatic rings. The Balaban J connectivity index is 1.55. The van der Waals surface area contributed by atoms with Crippen LogP contribution in [-0.2, 0) is 23.7 Å². The molecule has 26 heavy (non-hydrogen) atoms. The van der Waals surface area contributed by atoms with Crippen LogP contribution in [0.3, 0.4) is 0 Å². The van der Waals surface area contributed by atoms with E-state index < -0.39 is 5.97 Å². The van der Waals surface area contributed by atoms with Gasteiger partial charge in [-0.05, 0) is 24.3 Å². The van der Waals surface area contributed by atoms with E-state index in [1.165, 1.54) is 7.11 Å². The third-order valence-corrected chi connectivity index (χ3v) is 4.61. The van der Waals surface area contributed by atoms with Crippen molar-refractivity contribution in [1.29, 1.82) is 0 Å². The highest BCUT2D eigenvalue weighted by Gasteiger charge is 2.49. The number of nitrogens with zero attached hydrogens (tertiary/aromatic N) is 1. The molecule has 0 radical (unpaired) electrons. The summed E-state index contributed by atoms with van der Waals surface area (Å²) < 4.78 is 21.5. The van der Waals surface area contributed by atoms with Gasteiger partial charge in [-0.25, -0.2) is 4.79 Å². The van der Waals surface area contributed by atoms with Crippen molar-refractivity contribution in [3.63, 3.8) is 0 Å². The molecule has 8 heteroatoms. The lowest BCUT2D eigenvalue weighted by molar-refractivity contribution is -0.150. The Morgan fingerprint density at radius 1 is 1.15 bits per heavy atom. The summed E-state index contributed by atoms with van der Waals surface area (Å²) in [6.45, 7) is 0.511. The maximum absolute atomic E-state index is 12.5. The van der Waals surface area contributed by atoms with Crippen LogP contribution >= 0.6 is 0 Å². The maximum Gasteiger partial charge on any atom is 0.331 e. The average Bonchev–Trinajstić information content (AvgIpc) is 3.22. The molecule has 2 saturated heterocycles. The normalized spacial score (nSPS) is 27.0. The van der Waals surface area contributed by atoms with Crippen LogP contribution in [0.1, 0.15) is 10.4 Å². The number of amides is 1. The first-order valence-corrected chi connectivity index (χ1v) is 8.49. The highest BCUT2D eigenvalue weighted by atomic mass is 16.6. The topological polar surface area (TPSA) is 86.3 Å². The van der Waals surface area contributed by atoms with E-state index in [1.54, 1.807) is 12.1 Å². The Labute approximate surface area is 152 Å². The number of methoxy groups -OCH3 is 1. The van der Waals surface area contributed by atoms with Crippen LogP contribution in [0.4, 0.5) is 5.69 Å². The van der Waals surface area contributed by atoms with Crippen molar-refractivity contribution in [2.75, 3.05) is 45.9 Å². The second-order valence-corrected chi connectivity index (χ2v) is 6.54. The van der Waals surface area contributed by atoms with Gasteiger partial charge >= 0.3 is 5.97 Å². The summed E-state index contributed by atoms with van der Waals surface area (Å²) in [6, 6.07) is 7.11. The van der Waals surface area contributed by atoms with Gasteiger partial charge in [-0.2, -0.15) is 0 Å². The maximum atomic E-state index is 12.5. The van der Waals surface area contributed by atoms with Crippen LogP contribution in [0.5, 0.6) is 0 Å². The van der Waals surface area contributed by atoms with Crippen molar-refractivity contribution in [1.82, 2.24) is 5.32 Å². The minimum absolute atomic E-state index is 0.146. The number of esters is 1. The number of rotatable bonds is 6. The fraction of sp³-hybridized carbons (Fsp3) is 0.556. The van der Waals surface area contributed by atoms with Gasteiger partial charge in [0.1, 0.15) is 24.9 Å². The third-order valence-electron chi connectivity index (χ3n) is 4.61. The quantitative estimate of drug-likeness (QED) is 0.722. The lowest BCUT2D eigenvalue weighted by atomic mass is 10.1. The molecule has 0 saturated carbocycles. The average molecular weight is 364 g/mol. The molecule has 1 amide bonds. The predicted octanol–water partition coefficient (Wildman–Crippen LogP) is 0.207. The first-order chi connectivity index (χ1) is 12.5. The van der Waals surface area contributed by atoms with E-state index in [4.69, 9.17) is 14.2 Å². The molecule has 1 aromatic carbocycles. The van der Waals surface area contributed by atoms with Crippen molar-refractivity contribution >= 4 is 17.6 Å². The van der Waals surface area contributed by atoms with Crippen molar-refractivity contribution < 1.29 is 28.5 Å². The van der Waals surface area contributed by atoms with E-state index in [-0.39, 0.29) is 36.9 Å². The molecule has 0 spiro atoms. The Kier molecular flexibility index (Phi) is 5.75. The molecule has 3 rings (SSSR count). The van der Waals surface area contributed by atoms with Crippen LogP contribution < -0.4 is 10.2 Å². The molecular formula is C18H24N2O6. The Bertz CT molecular complexity index is 648. The number of hydrogen-bond donors (Lipinski definition) is 1. The number of carbonyl (C=O) groups is 2. The Hall–Kier alpha value is -2.16. The number of benzene rings is 1. The van der Waals surface area contributed by atoms with Crippen LogP contribution in [0, 0.1) is 0 Å². The summed E-state index contributed by atoms with van der Waals surface area (Å²) in [5.41, 5.74) is 1.60. The van der Waals surface area contributed by atoms with Gasteiger partial charge in [0.15, 0.2) is 0 Å². The third kappa shape index (κ3) is 3.98. The summed E-state index contributed by atoms with van der Waals surface area (Å²) in [5, 5.41) is 2.96. The molecule has 0 aromatic heterocycles. The van der Waals surface area contributed by atoms with Crippen molar-refractivity contribution in [2.24, 2.45) is 0 Å². The lowest BCUT2D eigenvalue weighted by Gasteiger charge is -2.18. The fourth-order valence-corrected chi connectivity index (χ4v) is 3.13. The van der Waals surface area contributed by atoms with Gasteiger partial charge in [-0.3, -0.25) is 4.79 Å². The highest BCUT2D eigenvalue weighted by molar-refractivity contribution is 5.94. The van der Waals surface area contributed by atoms with E-state index >= 15 is 0 Å². The van der Waals surface area contributed by atoms with Gasteiger partial charge in [0.2, 0.25) is 0 Å². The molecule has 8 nitrogen and oxygen atoms in total. The molecule has 0 bridgehead atoms. The van der Waals surface area contributed by atoms with E-state index in [0.29, 0.717) is 18.8 Å². The molecule has 2 fully saturated rings. The van der Waals surface area contributed by atoms with Crippen molar-refractivity contribution in [3.8, 4) is 0 Å². The van der Waals surface area contributed by atoms with Gasteiger partial charge in [0, 0.05) is 25.3 Å². The predicted molar refractivity (Wildman–Crippen MR) is 93.3 cm³/mol. The van der Waals surface area contributed by atoms with E-state index in [2.05, 4.69) is 10.1 Å². The number of nitrogens with one attached hydrogen (secondary N) is 1. The lowest BCUT2D eigenvalue weighted by Crippen LogP contribution is -2.44. The number of hydrogen-bond acceptors (Lipinski definition) is 7. The second kappa shape index (κ2) is 8.03. The summed E-state index contributed by atoms with van der Waals surface area (Å²) in [7, 11) is 5.20. The molecule has 0 aliphatic carbocycles. The molecule has 142 valence electrons.